The number of nitrogens with one attached hydrogen (secondary N) is 2. The number of para-hydroxylation sites is 1. The zero-order valence-electron chi connectivity index (χ0n) is 18.7. The van der Waals surface area contributed by atoms with Gasteiger partial charge in [-0.1, -0.05) is 24.6 Å². The van der Waals surface area contributed by atoms with Gasteiger partial charge in [0, 0.05) is 13.1 Å². The number of rotatable bonds is 7. The molecule has 2 aromatic heterocycles. The van der Waals surface area contributed by atoms with Gasteiger partial charge in [-0.25, -0.2) is 18.2 Å². The van der Waals surface area contributed by atoms with E-state index in [1.165, 1.54) is 28.8 Å². The molecule has 1 aliphatic rings. The lowest BCUT2D eigenvalue weighted by Gasteiger charge is -2.27. The molecule has 2 N–H and O–H groups in total. The predicted molar refractivity (Wildman–Crippen MR) is 124 cm³/mol. The summed E-state index contributed by atoms with van der Waals surface area (Å²) in [6.45, 7) is 1.26. The molecule has 0 spiro atoms. The van der Waals surface area contributed by atoms with Crippen molar-refractivity contribution in [1.82, 2.24) is 19.9 Å². The Balaban J connectivity index is 1.68. The summed E-state index contributed by atoms with van der Waals surface area (Å²) in [5, 5.41) is 5.95. The molecule has 0 atom stereocenters. The monoisotopic (exact) mass is 495 g/mol. The number of aromatic nitrogens is 3. The summed E-state index contributed by atoms with van der Waals surface area (Å²) in [5.41, 5.74) is 0.619. The molecule has 1 amide bonds. The molecule has 0 bridgehead atoms. The molecule has 1 aromatic carbocycles. The van der Waals surface area contributed by atoms with Crippen LogP contribution in [-0.4, -0.2) is 39.5 Å². The standard InChI is InChI=1S/C23H25ClF3N5O2/c1-12-6-8-13(9-7-12)28-21(33)14-10-17-20(31-22(14)34-11-18(26)27)32(2)23(29-17)30-19-15(24)4-3-5-16(19)25/h3-5,10,12-13,18H,6-9,11H2,1-2H3,(H,28,33)(H,29,30). The van der Waals surface area contributed by atoms with Crippen LogP contribution in [0.5, 0.6) is 5.88 Å². The first-order valence-corrected chi connectivity index (χ1v) is 11.4. The lowest BCUT2D eigenvalue weighted by molar-refractivity contribution is 0.0770. The molecular formula is C23H25ClF3N5O2. The molecule has 11 heteroatoms. The van der Waals surface area contributed by atoms with E-state index in [0.717, 1.165) is 25.7 Å². The smallest absolute Gasteiger partial charge is 0.272 e. The molecule has 1 saturated carbocycles. The van der Waals surface area contributed by atoms with E-state index in [-0.39, 0.29) is 39.8 Å². The molecule has 182 valence electrons. The maximum Gasteiger partial charge on any atom is 0.272 e. The largest absolute Gasteiger partial charge is 0.471 e. The van der Waals surface area contributed by atoms with Gasteiger partial charge in [0.15, 0.2) is 12.3 Å². The highest BCUT2D eigenvalue weighted by molar-refractivity contribution is 6.33. The van der Waals surface area contributed by atoms with Crippen molar-refractivity contribution < 1.29 is 22.7 Å². The second-order valence-corrected chi connectivity index (χ2v) is 8.94. The lowest BCUT2D eigenvalue weighted by Crippen LogP contribution is -2.37. The van der Waals surface area contributed by atoms with E-state index < -0.39 is 24.8 Å². The van der Waals surface area contributed by atoms with Crippen LogP contribution < -0.4 is 15.4 Å². The van der Waals surface area contributed by atoms with Crippen molar-refractivity contribution in [2.75, 3.05) is 11.9 Å². The normalized spacial score (nSPS) is 18.3. The maximum absolute atomic E-state index is 14.2. The van der Waals surface area contributed by atoms with Crippen molar-refractivity contribution in [1.29, 1.82) is 0 Å². The Morgan fingerprint density at radius 3 is 2.68 bits per heavy atom. The Morgan fingerprint density at radius 2 is 2.00 bits per heavy atom. The summed E-state index contributed by atoms with van der Waals surface area (Å²) in [4.78, 5) is 21.7. The van der Waals surface area contributed by atoms with Crippen LogP contribution in [0, 0.1) is 11.7 Å². The van der Waals surface area contributed by atoms with E-state index in [4.69, 9.17) is 16.3 Å². The van der Waals surface area contributed by atoms with Crippen LogP contribution in [0.25, 0.3) is 11.2 Å². The van der Waals surface area contributed by atoms with Gasteiger partial charge in [-0.3, -0.25) is 9.36 Å². The number of hydrogen-bond donors (Lipinski definition) is 2. The molecule has 0 aliphatic heterocycles. The Labute approximate surface area is 199 Å². The summed E-state index contributed by atoms with van der Waals surface area (Å²) in [5.74, 6) is -0.439. The average molecular weight is 496 g/mol. The van der Waals surface area contributed by atoms with E-state index >= 15 is 0 Å². The van der Waals surface area contributed by atoms with E-state index in [2.05, 4.69) is 27.5 Å². The summed E-state index contributed by atoms with van der Waals surface area (Å²) in [6.07, 6.45) is 0.962. The summed E-state index contributed by atoms with van der Waals surface area (Å²) in [6, 6.07) is 5.69. The minimum Gasteiger partial charge on any atom is -0.471 e. The Bertz CT molecular complexity index is 1170. The molecule has 1 aliphatic carbocycles. The molecule has 0 saturated heterocycles. The molecule has 7 nitrogen and oxygen atoms in total. The van der Waals surface area contributed by atoms with Crippen molar-refractivity contribution in [2.45, 2.75) is 45.1 Å². The Morgan fingerprint density at radius 1 is 1.26 bits per heavy atom. The number of alkyl halides is 2. The van der Waals surface area contributed by atoms with Crippen LogP contribution in [0.3, 0.4) is 0 Å². The Hall–Kier alpha value is -3.01. The fourth-order valence-corrected chi connectivity index (χ4v) is 4.23. The minimum atomic E-state index is -2.74. The molecular weight excluding hydrogens is 471 g/mol. The fraction of sp³-hybridized carbons (Fsp3) is 0.435. The predicted octanol–water partition coefficient (Wildman–Crippen LogP) is 5.46. The molecule has 2 heterocycles. The number of hydrogen-bond acceptors (Lipinski definition) is 5. The number of carbonyl (C=O) groups excluding carboxylic acids is 1. The van der Waals surface area contributed by atoms with Crippen LogP contribution in [0.15, 0.2) is 24.3 Å². The fourth-order valence-electron chi connectivity index (χ4n) is 4.02. The summed E-state index contributed by atoms with van der Waals surface area (Å²) < 4.78 is 46.6. The third-order valence-corrected chi connectivity index (χ3v) is 6.27. The number of aryl methyl sites for hydroxylation is 1. The van der Waals surface area contributed by atoms with E-state index in [1.807, 2.05) is 0 Å². The van der Waals surface area contributed by atoms with Crippen LogP contribution in [0.1, 0.15) is 43.0 Å². The molecule has 4 rings (SSSR count). The lowest BCUT2D eigenvalue weighted by atomic mass is 9.87. The number of carbonyl (C=O) groups is 1. The molecule has 0 unspecified atom stereocenters. The molecule has 34 heavy (non-hydrogen) atoms. The first kappa shape index (κ1) is 24.1. The summed E-state index contributed by atoms with van der Waals surface area (Å²) >= 11 is 6.10. The number of anilines is 2. The quantitative estimate of drug-likeness (QED) is 0.455. The third-order valence-electron chi connectivity index (χ3n) is 5.95. The highest BCUT2D eigenvalue weighted by Gasteiger charge is 2.25. The average Bonchev–Trinajstić information content (AvgIpc) is 3.10. The third kappa shape index (κ3) is 5.22. The van der Waals surface area contributed by atoms with Crippen molar-refractivity contribution in [3.8, 4) is 5.88 Å². The number of nitrogens with zero attached hydrogens (tertiary/aromatic N) is 3. The zero-order chi connectivity index (χ0) is 24.4. The topological polar surface area (TPSA) is 81.1 Å². The van der Waals surface area contributed by atoms with E-state index in [1.54, 1.807) is 7.05 Å². The van der Waals surface area contributed by atoms with Crippen LogP contribution in [0.2, 0.25) is 5.02 Å². The van der Waals surface area contributed by atoms with Gasteiger partial charge in [-0.15, -0.1) is 0 Å². The SMILES string of the molecule is CC1CCC(NC(=O)c2cc3nc(Nc4c(F)cccc4Cl)n(C)c3nc2OCC(F)F)CC1. The van der Waals surface area contributed by atoms with Crippen molar-refractivity contribution in [2.24, 2.45) is 13.0 Å². The van der Waals surface area contributed by atoms with Crippen LogP contribution in [-0.2, 0) is 7.05 Å². The van der Waals surface area contributed by atoms with Gasteiger partial charge in [-0.05, 0) is 49.8 Å². The first-order valence-electron chi connectivity index (χ1n) is 11.0. The van der Waals surface area contributed by atoms with Crippen LogP contribution in [0.4, 0.5) is 24.8 Å². The van der Waals surface area contributed by atoms with Gasteiger partial charge in [0.2, 0.25) is 11.8 Å². The number of benzene rings is 1. The highest BCUT2D eigenvalue weighted by Crippen LogP contribution is 2.31. The van der Waals surface area contributed by atoms with Crippen molar-refractivity contribution >= 4 is 40.3 Å². The first-order chi connectivity index (χ1) is 16.2. The van der Waals surface area contributed by atoms with E-state index in [0.29, 0.717) is 11.4 Å². The number of amides is 1. The second kappa shape index (κ2) is 10.1. The van der Waals surface area contributed by atoms with Gasteiger partial charge in [0.1, 0.15) is 16.9 Å². The highest BCUT2D eigenvalue weighted by atomic mass is 35.5. The number of halogens is 4. The number of ether oxygens (including phenoxy) is 1. The van der Waals surface area contributed by atoms with E-state index in [9.17, 15) is 18.0 Å². The number of pyridine rings is 1. The Kier molecular flexibility index (Phi) is 7.16. The molecule has 0 radical (unpaired) electrons. The maximum atomic E-state index is 14.2. The van der Waals surface area contributed by atoms with Gasteiger partial charge in [0.05, 0.1) is 10.7 Å². The zero-order valence-corrected chi connectivity index (χ0v) is 19.5. The summed E-state index contributed by atoms with van der Waals surface area (Å²) in [7, 11) is 1.61. The van der Waals surface area contributed by atoms with Gasteiger partial charge >= 0.3 is 0 Å². The minimum absolute atomic E-state index is 0.00787. The van der Waals surface area contributed by atoms with Gasteiger partial charge < -0.3 is 15.4 Å². The van der Waals surface area contributed by atoms with Gasteiger partial charge in [0.25, 0.3) is 12.3 Å². The number of fused-ring (bicyclic) bond motifs is 1. The van der Waals surface area contributed by atoms with Crippen molar-refractivity contribution in [3.63, 3.8) is 0 Å². The van der Waals surface area contributed by atoms with Crippen LogP contribution >= 0.6 is 11.6 Å². The second-order valence-electron chi connectivity index (χ2n) is 8.53. The molecule has 3 aromatic rings. The van der Waals surface area contributed by atoms with Gasteiger partial charge in [-0.2, -0.15) is 4.98 Å². The molecule has 1 fully saturated rings. The number of imidazole rings is 1. The van der Waals surface area contributed by atoms with Crippen molar-refractivity contribution in [3.05, 3.63) is 40.7 Å².